The van der Waals surface area contributed by atoms with Crippen molar-refractivity contribution in [3.8, 4) is 16.9 Å². The molecule has 2 aromatic heterocycles. The van der Waals surface area contributed by atoms with Gasteiger partial charge in [-0.2, -0.15) is 0 Å². The van der Waals surface area contributed by atoms with E-state index in [9.17, 15) is 4.79 Å². The minimum absolute atomic E-state index is 0.0479. The molecule has 28 heavy (non-hydrogen) atoms. The second-order valence-corrected chi connectivity index (χ2v) is 9.88. The first-order chi connectivity index (χ1) is 13.5. The lowest BCUT2D eigenvalue weighted by atomic mass is 10.0. The summed E-state index contributed by atoms with van der Waals surface area (Å²) in [6, 6.07) is 6.05. The first-order valence-electron chi connectivity index (χ1n) is 9.50. The lowest BCUT2D eigenvalue weighted by Crippen LogP contribution is -2.31. The zero-order valence-corrected chi connectivity index (χ0v) is 18.3. The highest BCUT2D eigenvalue weighted by Crippen LogP contribution is 2.38. The summed E-state index contributed by atoms with van der Waals surface area (Å²) in [6.45, 7) is 6.28. The Labute approximate surface area is 173 Å². The van der Waals surface area contributed by atoms with E-state index in [4.69, 9.17) is 9.72 Å². The molecule has 3 aromatic rings. The van der Waals surface area contributed by atoms with Gasteiger partial charge in [0.15, 0.2) is 5.16 Å². The molecule has 0 amide bonds. The van der Waals surface area contributed by atoms with E-state index in [0.29, 0.717) is 10.6 Å². The average Bonchev–Trinajstić information content (AvgIpc) is 3.00. The molecule has 0 saturated carbocycles. The number of thiophene rings is 1. The molecule has 1 N–H and O–H groups in total. The topological polar surface area (TPSA) is 58.2 Å². The Morgan fingerprint density at radius 3 is 2.71 bits per heavy atom. The molecule has 1 fully saturated rings. The van der Waals surface area contributed by atoms with Gasteiger partial charge in [-0.25, -0.2) is 4.98 Å². The van der Waals surface area contributed by atoms with Gasteiger partial charge in [-0.15, -0.1) is 11.3 Å². The van der Waals surface area contributed by atoms with Crippen molar-refractivity contribution in [1.82, 2.24) is 14.9 Å². The second-order valence-electron chi connectivity index (χ2n) is 7.39. The fraction of sp³-hybridized carbons (Fsp3) is 0.429. The highest BCUT2D eigenvalue weighted by atomic mass is 32.2. The lowest BCUT2D eigenvalue weighted by molar-refractivity contribution is 0.282. The number of thioether (sulfide) groups is 1. The second kappa shape index (κ2) is 7.89. The quantitative estimate of drug-likeness (QED) is 0.638. The maximum atomic E-state index is 13.0. The molecule has 0 atom stereocenters. The monoisotopic (exact) mass is 415 g/mol. The number of methoxy groups -OCH3 is 1. The van der Waals surface area contributed by atoms with Gasteiger partial charge in [0.25, 0.3) is 5.56 Å². The number of H-pyrrole nitrogens is 1. The van der Waals surface area contributed by atoms with Crippen LogP contribution in [0.25, 0.3) is 21.3 Å². The van der Waals surface area contributed by atoms with Gasteiger partial charge in [-0.05, 0) is 70.1 Å². The Bertz CT molecular complexity index is 1070. The third-order valence-corrected chi connectivity index (χ3v) is 7.56. The minimum atomic E-state index is -0.0479. The van der Waals surface area contributed by atoms with Crippen LogP contribution in [0.2, 0.25) is 0 Å². The number of rotatable bonds is 4. The molecule has 3 heterocycles. The van der Waals surface area contributed by atoms with Gasteiger partial charge in [-0.3, -0.25) is 4.79 Å². The van der Waals surface area contributed by atoms with E-state index in [2.05, 4.69) is 29.9 Å². The number of hydrogen-bond acceptors (Lipinski definition) is 6. The summed E-state index contributed by atoms with van der Waals surface area (Å²) < 4.78 is 5.37. The molecule has 0 radical (unpaired) electrons. The van der Waals surface area contributed by atoms with Crippen LogP contribution < -0.4 is 10.3 Å². The van der Waals surface area contributed by atoms with Gasteiger partial charge in [0.1, 0.15) is 10.6 Å². The molecule has 5 nitrogen and oxygen atoms in total. The molecule has 0 unspecified atom stereocenters. The zero-order valence-electron chi connectivity index (χ0n) is 16.7. The van der Waals surface area contributed by atoms with Crippen LogP contribution in [0, 0.1) is 13.8 Å². The summed E-state index contributed by atoms with van der Waals surface area (Å²) in [6.07, 6.45) is 2.26. The van der Waals surface area contributed by atoms with Gasteiger partial charge in [0.2, 0.25) is 0 Å². The van der Waals surface area contributed by atoms with Crippen LogP contribution in [0.15, 0.2) is 28.2 Å². The Hall–Kier alpha value is -1.83. The number of aromatic amines is 1. The third-order valence-electron chi connectivity index (χ3n) is 5.34. The number of benzene rings is 1. The van der Waals surface area contributed by atoms with Crippen molar-refractivity contribution in [3.05, 3.63) is 39.0 Å². The van der Waals surface area contributed by atoms with Crippen LogP contribution in [-0.4, -0.2) is 47.4 Å². The van der Waals surface area contributed by atoms with Gasteiger partial charge >= 0.3 is 0 Å². The standard InChI is InChI=1S/C21H25N3O2S2/c1-12-11-14(5-6-16(12)26-4)17-13(2)27-20-18(17)19(25)22-21(23-20)28-15-7-9-24(3)10-8-15/h5-6,11,15H,7-10H2,1-4H3,(H,22,23,25). The first kappa shape index (κ1) is 19.5. The summed E-state index contributed by atoms with van der Waals surface area (Å²) in [5.74, 6) is 0.852. The largest absolute Gasteiger partial charge is 0.496 e. The van der Waals surface area contributed by atoms with Gasteiger partial charge in [-0.1, -0.05) is 17.8 Å². The van der Waals surface area contributed by atoms with Crippen LogP contribution >= 0.6 is 23.1 Å². The van der Waals surface area contributed by atoms with E-state index in [1.807, 2.05) is 19.1 Å². The van der Waals surface area contributed by atoms with Crippen LogP contribution in [0.3, 0.4) is 0 Å². The fourth-order valence-electron chi connectivity index (χ4n) is 3.80. The van der Waals surface area contributed by atoms with E-state index in [-0.39, 0.29) is 5.56 Å². The third kappa shape index (κ3) is 3.71. The van der Waals surface area contributed by atoms with Crippen molar-refractivity contribution in [2.45, 2.75) is 37.1 Å². The SMILES string of the molecule is COc1ccc(-c2c(C)sc3nc(SC4CCN(C)CC4)[nH]c(=O)c23)cc1C. The van der Waals surface area contributed by atoms with E-state index in [0.717, 1.165) is 63.2 Å². The minimum Gasteiger partial charge on any atom is -0.496 e. The highest BCUT2D eigenvalue weighted by molar-refractivity contribution is 7.99. The number of aryl methyl sites for hydroxylation is 2. The van der Waals surface area contributed by atoms with Crippen molar-refractivity contribution >= 4 is 33.3 Å². The molecular weight excluding hydrogens is 390 g/mol. The van der Waals surface area contributed by atoms with Crippen molar-refractivity contribution in [1.29, 1.82) is 0 Å². The Balaban J connectivity index is 1.71. The summed E-state index contributed by atoms with van der Waals surface area (Å²) in [4.78, 5) is 25.1. The van der Waals surface area contributed by atoms with Gasteiger partial charge in [0, 0.05) is 15.7 Å². The Kier molecular flexibility index (Phi) is 5.49. The molecule has 0 aliphatic carbocycles. The maximum Gasteiger partial charge on any atom is 0.260 e. The van der Waals surface area contributed by atoms with Crippen molar-refractivity contribution < 1.29 is 4.74 Å². The van der Waals surface area contributed by atoms with E-state index in [1.165, 1.54) is 0 Å². The van der Waals surface area contributed by atoms with E-state index < -0.39 is 0 Å². The molecular formula is C21H25N3O2S2. The zero-order chi connectivity index (χ0) is 19.8. The van der Waals surface area contributed by atoms with E-state index in [1.54, 1.807) is 30.2 Å². The van der Waals surface area contributed by atoms with Crippen molar-refractivity contribution in [2.75, 3.05) is 27.2 Å². The molecule has 7 heteroatoms. The summed E-state index contributed by atoms with van der Waals surface area (Å²) in [5, 5.41) is 1.95. The normalized spacial score (nSPS) is 16.0. The van der Waals surface area contributed by atoms with Gasteiger partial charge in [0.05, 0.1) is 12.5 Å². The number of fused-ring (bicyclic) bond motifs is 1. The van der Waals surface area contributed by atoms with Crippen LogP contribution in [-0.2, 0) is 0 Å². The Morgan fingerprint density at radius 1 is 1.29 bits per heavy atom. The summed E-state index contributed by atoms with van der Waals surface area (Å²) >= 11 is 3.31. The molecule has 0 bridgehead atoms. The fourth-order valence-corrected chi connectivity index (χ4v) is 5.96. The number of aromatic nitrogens is 2. The molecule has 1 aliphatic rings. The number of likely N-dealkylation sites (tertiary alicyclic amines) is 1. The van der Waals surface area contributed by atoms with Crippen molar-refractivity contribution in [3.63, 3.8) is 0 Å². The summed E-state index contributed by atoms with van der Waals surface area (Å²) in [5.41, 5.74) is 3.02. The number of ether oxygens (including phenoxy) is 1. The molecule has 1 aromatic carbocycles. The van der Waals surface area contributed by atoms with Crippen LogP contribution in [0.1, 0.15) is 23.3 Å². The number of nitrogens with zero attached hydrogens (tertiary/aromatic N) is 2. The maximum absolute atomic E-state index is 13.0. The van der Waals surface area contributed by atoms with Crippen molar-refractivity contribution in [2.24, 2.45) is 0 Å². The first-order valence-corrected chi connectivity index (χ1v) is 11.2. The number of piperidine rings is 1. The average molecular weight is 416 g/mol. The van der Waals surface area contributed by atoms with Crippen LogP contribution in [0.5, 0.6) is 5.75 Å². The van der Waals surface area contributed by atoms with Crippen LogP contribution in [0.4, 0.5) is 0 Å². The van der Waals surface area contributed by atoms with Gasteiger partial charge < -0.3 is 14.6 Å². The lowest BCUT2D eigenvalue weighted by Gasteiger charge is -2.27. The molecule has 4 rings (SSSR count). The molecule has 0 spiro atoms. The molecule has 1 saturated heterocycles. The smallest absolute Gasteiger partial charge is 0.260 e. The molecule has 148 valence electrons. The number of hydrogen-bond donors (Lipinski definition) is 1. The predicted molar refractivity (Wildman–Crippen MR) is 118 cm³/mol. The Morgan fingerprint density at radius 2 is 2.04 bits per heavy atom. The molecule has 1 aliphatic heterocycles. The predicted octanol–water partition coefficient (Wildman–Crippen LogP) is 4.46. The summed E-state index contributed by atoms with van der Waals surface area (Å²) in [7, 11) is 3.83. The number of nitrogens with one attached hydrogen (secondary N) is 1. The van der Waals surface area contributed by atoms with E-state index >= 15 is 0 Å². The highest BCUT2D eigenvalue weighted by Gasteiger charge is 2.21.